The molecule has 0 spiro atoms. The zero-order chi connectivity index (χ0) is 21.1. The molecule has 4 nitrogen and oxygen atoms in total. The van der Waals surface area contributed by atoms with Crippen LogP contribution in [0, 0.1) is 0 Å². The van der Waals surface area contributed by atoms with E-state index in [0.717, 1.165) is 16.1 Å². The zero-order valence-electron chi connectivity index (χ0n) is 16.5. The highest BCUT2D eigenvalue weighted by Crippen LogP contribution is 2.36. The van der Waals surface area contributed by atoms with Gasteiger partial charge in [-0.05, 0) is 54.6 Å². The van der Waals surface area contributed by atoms with E-state index >= 15 is 0 Å². The molecule has 152 valence electrons. The van der Waals surface area contributed by atoms with Gasteiger partial charge in [0.25, 0.3) is 11.8 Å². The number of rotatable bonds is 7. The molecule has 0 radical (unpaired) electrons. The maximum atomic E-state index is 13.5. The Bertz CT molecular complexity index is 1080. The van der Waals surface area contributed by atoms with Gasteiger partial charge in [-0.1, -0.05) is 48.0 Å². The monoisotopic (exact) mass is 436 g/mol. The van der Waals surface area contributed by atoms with Gasteiger partial charge >= 0.3 is 0 Å². The molecule has 0 fully saturated rings. The van der Waals surface area contributed by atoms with E-state index in [1.165, 1.54) is 16.2 Å². The summed E-state index contributed by atoms with van der Waals surface area (Å²) in [5.41, 5.74) is 2.86. The van der Waals surface area contributed by atoms with Gasteiger partial charge in [0.05, 0.1) is 5.57 Å². The summed E-state index contributed by atoms with van der Waals surface area (Å²) in [6.07, 6.45) is 0.580. The summed E-state index contributed by atoms with van der Waals surface area (Å²) < 4.78 is 0. The Balaban J connectivity index is 1.68. The molecule has 4 rings (SSSR count). The first kappa shape index (κ1) is 20.4. The third-order valence-electron chi connectivity index (χ3n) is 5.10. The maximum absolute atomic E-state index is 13.5. The largest absolute Gasteiger partial charge is 0.337 e. The molecular weight excluding hydrogens is 416 g/mol. The maximum Gasteiger partial charge on any atom is 0.278 e. The van der Waals surface area contributed by atoms with Gasteiger partial charge < -0.3 is 4.90 Å². The average Bonchev–Trinajstić information content (AvgIpc) is 3.37. The van der Waals surface area contributed by atoms with E-state index in [-0.39, 0.29) is 11.8 Å². The van der Waals surface area contributed by atoms with Gasteiger partial charge in [0, 0.05) is 28.7 Å². The number of imide groups is 1. The van der Waals surface area contributed by atoms with Crippen molar-refractivity contribution >= 4 is 46.0 Å². The van der Waals surface area contributed by atoms with Crippen LogP contribution in [0.15, 0.2) is 77.8 Å². The summed E-state index contributed by atoms with van der Waals surface area (Å²) in [6.45, 7) is 2.89. The quantitative estimate of drug-likeness (QED) is 0.475. The second kappa shape index (κ2) is 8.86. The lowest BCUT2D eigenvalue weighted by atomic mass is 10.1. The minimum absolute atomic E-state index is 0.235. The minimum Gasteiger partial charge on any atom is -0.337 e. The Kier molecular flexibility index (Phi) is 6.02. The molecule has 1 aliphatic rings. The summed E-state index contributed by atoms with van der Waals surface area (Å²) in [7, 11) is 0. The number of benzene rings is 2. The molecule has 2 amide bonds. The zero-order valence-corrected chi connectivity index (χ0v) is 18.1. The van der Waals surface area contributed by atoms with Crippen LogP contribution in [0.25, 0.3) is 5.57 Å². The van der Waals surface area contributed by atoms with E-state index < -0.39 is 0 Å². The molecule has 0 atom stereocenters. The van der Waals surface area contributed by atoms with Crippen molar-refractivity contribution < 1.29 is 9.59 Å². The van der Waals surface area contributed by atoms with Crippen molar-refractivity contribution in [1.82, 2.24) is 4.90 Å². The molecule has 0 N–H and O–H groups in total. The smallest absolute Gasteiger partial charge is 0.278 e. The number of likely N-dealkylation sites (N-methyl/N-ethyl adjacent to an activating group) is 1. The Morgan fingerprint density at radius 3 is 2.30 bits per heavy atom. The van der Waals surface area contributed by atoms with Crippen LogP contribution in [0.4, 0.5) is 5.69 Å². The van der Waals surface area contributed by atoms with Crippen molar-refractivity contribution in [2.45, 2.75) is 13.3 Å². The Morgan fingerprint density at radius 1 is 0.933 bits per heavy atom. The van der Waals surface area contributed by atoms with Crippen molar-refractivity contribution in [2.24, 2.45) is 0 Å². The fourth-order valence-corrected chi connectivity index (χ4v) is 4.52. The van der Waals surface area contributed by atoms with Crippen LogP contribution in [-0.2, 0) is 16.0 Å². The van der Waals surface area contributed by atoms with Gasteiger partial charge in [-0.25, -0.2) is 0 Å². The first-order valence-corrected chi connectivity index (χ1v) is 11.1. The summed E-state index contributed by atoms with van der Waals surface area (Å²) in [5.74, 6) is -0.483. The number of anilines is 1. The van der Waals surface area contributed by atoms with Gasteiger partial charge in [-0.15, -0.1) is 11.3 Å². The van der Waals surface area contributed by atoms with Crippen LogP contribution in [0.2, 0.25) is 5.02 Å². The summed E-state index contributed by atoms with van der Waals surface area (Å²) >= 11 is 7.43. The summed E-state index contributed by atoms with van der Waals surface area (Å²) in [6, 6.07) is 21.0. The van der Waals surface area contributed by atoms with Gasteiger partial charge in [0.15, 0.2) is 0 Å². The number of amides is 2. The number of nitrogens with zero attached hydrogens (tertiary/aromatic N) is 2. The molecule has 2 heterocycles. The van der Waals surface area contributed by atoms with Crippen LogP contribution >= 0.6 is 22.9 Å². The molecule has 6 heteroatoms. The fourth-order valence-electron chi connectivity index (χ4n) is 3.63. The molecule has 0 saturated carbocycles. The molecule has 0 aliphatic carbocycles. The molecule has 30 heavy (non-hydrogen) atoms. The Hall–Kier alpha value is -2.89. The van der Waals surface area contributed by atoms with Gasteiger partial charge in [0.1, 0.15) is 5.70 Å². The minimum atomic E-state index is -0.247. The normalized spacial score (nSPS) is 14.0. The number of para-hydroxylation sites is 1. The number of carbonyl (C=O) groups excluding carboxylic acids is 2. The molecule has 0 saturated heterocycles. The van der Waals surface area contributed by atoms with E-state index in [2.05, 4.69) is 0 Å². The topological polar surface area (TPSA) is 40.6 Å². The third kappa shape index (κ3) is 3.91. The van der Waals surface area contributed by atoms with E-state index in [1.807, 2.05) is 83.9 Å². The Labute approximate surface area is 185 Å². The SMILES string of the molecule is CCN(C1=C(c2cccs2)C(=O)N(CCc2ccc(Cl)cc2)C1=O)c1ccccc1. The van der Waals surface area contributed by atoms with Crippen molar-refractivity contribution in [3.05, 3.63) is 93.3 Å². The number of carbonyl (C=O) groups is 2. The molecule has 1 aromatic heterocycles. The first-order valence-electron chi connectivity index (χ1n) is 9.81. The van der Waals surface area contributed by atoms with Crippen LogP contribution in [-0.4, -0.2) is 29.8 Å². The van der Waals surface area contributed by atoms with Crippen LogP contribution in [0.5, 0.6) is 0 Å². The predicted molar refractivity (Wildman–Crippen MR) is 123 cm³/mol. The lowest BCUT2D eigenvalue weighted by Crippen LogP contribution is -2.36. The number of thiophene rings is 1. The first-order chi connectivity index (χ1) is 14.6. The van der Waals surface area contributed by atoms with E-state index in [4.69, 9.17) is 11.6 Å². The predicted octanol–water partition coefficient (Wildman–Crippen LogP) is 5.25. The second-order valence-corrected chi connectivity index (χ2v) is 8.30. The molecule has 1 aliphatic heterocycles. The van der Waals surface area contributed by atoms with Gasteiger partial charge in [-0.3, -0.25) is 14.5 Å². The number of hydrogen-bond acceptors (Lipinski definition) is 4. The molecule has 0 bridgehead atoms. The fraction of sp³-hybridized carbons (Fsp3) is 0.167. The highest BCUT2D eigenvalue weighted by atomic mass is 35.5. The lowest BCUT2D eigenvalue weighted by Gasteiger charge is -2.24. The highest BCUT2D eigenvalue weighted by Gasteiger charge is 2.41. The van der Waals surface area contributed by atoms with E-state index in [1.54, 1.807) is 0 Å². The molecule has 0 unspecified atom stereocenters. The standard InChI is InChI=1S/C24H21ClN2O2S/c1-2-26(19-7-4-3-5-8-19)22-21(20-9-6-16-30-20)23(28)27(24(22)29)15-14-17-10-12-18(25)13-11-17/h3-13,16H,2,14-15H2,1H3. The summed E-state index contributed by atoms with van der Waals surface area (Å²) in [5, 5.41) is 2.59. The molecule has 2 aromatic carbocycles. The number of hydrogen-bond donors (Lipinski definition) is 0. The van der Waals surface area contributed by atoms with E-state index in [9.17, 15) is 9.59 Å². The third-order valence-corrected chi connectivity index (χ3v) is 6.24. The number of halogens is 1. The van der Waals surface area contributed by atoms with Crippen LogP contribution in [0.1, 0.15) is 17.4 Å². The van der Waals surface area contributed by atoms with Crippen molar-refractivity contribution in [3.8, 4) is 0 Å². The van der Waals surface area contributed by atoms with Gasteiger partial charge in [-0.2, -0.15) is 0 Å². The Morgan fingerprint density at radius 2 is 1.67 bits per heavy atom. The molecule has 3 aromatic rings. The van der Waals surface area contributed by atoms with Crippen molar-refractivity contribution in [2.75, 3.05) is 18.0 Å². The second-order valence-electron chi connectivity index (χ2n) is 6.92. The van der Waals surface area contributed by atoms with Crippen LogP contribution < -0.4 is 4.90 Å². The van der Waals surface area contributed by atoms with Gasteiger partial charge in [0.2, 0.25) is 0 Å². The average molecular weight is 437 g/mol. The molecular formula is C24H21ClN2O2S. The van der Waals surface area contributed by atoms with E-state index in [0.29, 0.717) is 35.8 Å². The van der Waals surface area contributed by atoms with Crippen LogP contribution in [0.3, 0.4) is 0 Å². The van der Waals surface area contributed by atoms with Crippen molar-refractivity contribution in [1.29, 1.82) is 0 Å². The van der Waals surface area contributed by atoms with Crippen molar-refractivity contribution in [3.63, 3.8) is 0 Å². The highest BCUT2D eigenvalue weighted by molar-refractivity contribution is 7.11. The summed E-state index contributed by atoms with van der Waals surface area (Å²) in [4.78, 5) is 30.9. The lowest BCUT2D eigenvalue weighted by molar-refractivity contribution is -0.136.